The number of pyridine rings is 1. The molecule has 68 valence electrons. The molecule has 3 heteroatoms. The predicted molar refractivity (Wildman–Crippen MR) is 50.6 cm³/mol. The number of aryl methyl sites for hydroxylation is 1. The van der Waals surface area contributed by atoms with Crippen LogP contribution in [0, 0.1) is 6.92 Å². The Morgan fingerprint density at radius 3 is 2.85 bits per heavy atom. The largest absolute Gasteiger partial charge is 0.354 e. The highest BCUT2D eigenvalue weighted by atomic mass is 16.5. The van der Waals surface area contributed by atoms with E-state index >= 15 is 0 Å². The van der Waals surface area contributed by atoms with E-state index in [0.717, 1.165) is 16.8 Å². The lowest BCUT2D eigenvalue weighted by atomic mass is 10.0. The Kier molecular flexibility index (Phi) is 1.79. The summed E-state index contributed by atoms with van der Waals surface area (Å²) in [4.78, 5) is 4.23. The van der Waals surface area contributed by atoms with Crippen LogP contribution in [0.25, 0.3) is 11.1 Å². The third kappa shape index (κ3) is 1.20. The molecule has 0 aliphatic heterocycles. The molecule has 0 N–H and O–H groups in total. The van der Waals surface area contributed by atoms with Crippen molar-refractivity contribution in [2.24, 2.45) is 0 Å². The van der Waals surface area contributed by atoms with Gasteiger partial charge in [-0.2, -0.15) is 0 Å². The summed E-state index contributed by atoms with van der Waals surface area (Å²) in [6.07, 6.45) is 1.81. The number of fused-ring (bicyclic) bond motifs is 1. The molecule has 2 rings (SSSR count). The van der Waals surface area contributed by atoms with Gasteiger partial charge >= 0.3 is 0 Å². The lowest BCUT2D eigenvalue weighted by Gasteiger charge is -2.03. The zero-order valence-corrected chi connectivity index (χ0v) is 8.03. The Hall–Kier alpha value is -1.38. The lowest BCUT2D eigenvalue weighted by molar-refractivity contribution is 0.447. The molecule has 3 nitrogen and oxygen atoms in total. The van der Waals surface area contributed by atoms with Gasteiger partial charge in [-0.25, -0.2) is 0 Å². The molecule has 0 spiro atoms. The van der Waals surface area contributed by atoms with Crippen molar-refractivity contribution >= 4 is 11.1 Å². The molecule has 2 heterocycles. The van der Waals surface area contributed by atoms with E-state index in [9.17, 15) is 0 Å². The van der Waals surface area contributed by atoms with Gasteiger partial charge in [0.1, 0.15) is 11.2 Å². The van der Waals surface area contributed by atoms with Gasteiger partial charge < -0.3 is 4.52 Å². The van der Waals surface area contributed by atoms with Gasteiger partial charge in [-0.05, 0) is 18.9 Å². The molecular formula is C10H12N2O. The van der Waals surface area contributed by atoms with Crippen LogP contribution in [-0.2, 0) is 0 Å². The van der Waals surface area contributed by atoms with Crippen LogP contribution in [-0.4, -0.2) is 10.1 Å². The summed E-state index contributed by atoms with van der Waals surface area (Å²) in [5.74, 6) is 0.442. The molecular weight excluding hydrogens is 164 g/mol. The lowest BCUT2D eigenvalue weighted by Crippen LogP contribution is -1.88. The predicted octanol–water partition coefficient (Wildman–Crippen LogP) is 2.65. The van der Waals surface area contributed by atoms with Crippen molar-refractivity contribution < 1.29 is 4.52 Å². The Bertz CT molecular complexity index is 431. The van der Waals surface area contributed by atoms with Gasteiger partial charge in [0.2, 0.25) is 0 Å². The van der Waals surface area contributed by atoms with Gasteiger partial charge in [0.25, 0.3) is 0 Å². The molecule has 0 radical (unpaired) electrons. The van der Waals surface area contributed by atoms with Crippen molar-refractivity contribution in [3.63, 3.8) is 0 Å². The molecule has 0 aliphatic carbocycles. The van der Waals surface area contributed by atoms with Crippen molar-refractivity contribution in [1.29, 1.82) is 0 Å². The van der Waals surface area contributed by atoms with Gasteiger partial charge in [-0.3, -0.25) is 4.98 Å². The number of rotatable bonds is 1. The Labute approximate surface area is 76.8 Å². The maximum Gasteiger partial charge on any atom is 0.189 e. The summed E-state index contributed by atoms with van der Waals surface area (Å²) in [6.45, 7) is 6.17. The zero-order chi connectivity index (χ0) is 9.42. The second-order valence-corrected chi connectivity index (χ2v) is 3.50. The first-order valence-electron chi connectivity index (χ1n) is 4.41. The number of nitrogens with zero attached hydrogens (tertiary/aromatic N) is 2. The summed E-state index contributed by atoms with van der Waals surface area (Å²) < 4.78 is 5.23. The van der Waals surface area contributed by atoms with Crippen molar-refractivity contribution in [1.82, 2.24) is 10.1 Å². The fraction of sp³-hybridized carbons (Fsp3) is 0.400. The van der Waals surface area contributed by atoms with Crippen molar-refractivity contribution in [3.05, 3.63) is 23.5 Å². The molecule has 2 aromatic rings. The molecule has 0 amide bonds. The summed E-state index contributed by atoms with van der Waals surface area (Å²) in [5.41, 5.74) is 3.74. The second kappa shape index (κ2) is 2.83. The van der Waals surface area contributed by atoms with Gasteiger partial charge in [0.05, 0.1) is 0 Å². The molecule has 0 saturated heterocycles. The number of hydrogen-bond acceptors (Lipinski definition) is 3. The van der Waals surface area contributed by atoms with Crippen LogP contribution in [0.15, 0.2) is 16.8 Å². The molecule has 0 aromatic carbocycles. The minimum absolute atomic E-state index is 0.442. The van der Waals surface area contributed by atoms with E-state index in [2.05, 4.69) is 24.0 Å². The standard InChI is InChI=1S/C10H12N2O/c1-6(2)8-4-5-11-9-7(3)12-13-10(8)9/h4-6H,1-3H3. The summed E-state index contributed by atoms with van der Waals surface area (Å²) in [7, 11) is 0. The van der Waals surface area contributed by atoms with E-state index < -0.39 is 0 Å². The quantitative estimate of drug-likeness (QED) is 0.670. The van der Waals surface area contributed by atoms with Crippen LogP contribution in [0.3, 0.4) is 0 Å². The first kappa shape index (κ1) is 8.23. The number of hydrogen-bond donors (Lipinski definition) is 0. The van der Waals surface area contributed by atoms with Gasteiger partial charge in [0.15, 0.2) is 5.58 Å². The molecule has 0 saturated carbocycles. The van der Waals surface area contributed by atoms with E-state index in [1.807, 2.05) is 19.2 Å². The number of aromatic nitrogens is 2. The molecule has 0 unspecified atom stereocenters. The van der Waals surface area contributed by atoms with E-state index in [4.69, 9.17) is 4.52 Å². The molecule has 2 aromatic heterocycles. The summed E-state index contributed by atoms with van der Waals surface area (Å²) >= 11 is 0. The molecule has 0 atom stereocenters. The highest BCUT2D eigenvalue weighted by molar-refractivity contribution is 5.78. The zero-order valence-electron chi connectivity index (χ0n) is 8.03. The van der Waals surface area contributed by atoms with Crippen LogP contribution in [0.5, 0.6) is 0 Å². The summed E-state index contributed by atoms with van der Waals surface area (Å²) in [5, 5.41) is 3.90. The average molecular weight is 176 g/mol. The summed E-state index contributed by atoms with van der Waals surface area (Å²) in [6, 6.07) is 1.98. The highest BCUT2D eigenvalue weighted by Crippen LogP contribution is 2.24. The normalized spacial score (nSPS) is 11.4. The molecule has 13 heavy (non-hydrogen) atoms. The Balaban J connectivity index is 2.77. The molecule has 0 fully saturated rings. The fourth-order valence-corrected chi connectivity index (χ4v) is 1.43. The van der Waals surface area contributed by atoms with E-state index in [1.165, 1.54) is 5.56 Å². The minimum Gasteiger partial charge on any atom is -0.354 e. The van der Waals surface area contributed by atoms with Crippen LogP contribution in [0.1, 0.15) is 31.0 Å². The first-order chi connectivity index (χ1) is 6.20. The third-order valence-corrected chi connectivity index (χ3v) is 2.17. The van der Waals surface area contributed by atoms with Gasteiger partial charge in [0, 0.05) is 11.8 Å². The van der Waals surface area contributed by atoms with E-state index in [1.54, 1.807) is 0 Å². The maximum atomic E-state index is 5.23. The highest BCUT2D eigenvalue weighted by Gasteiger charge is 2.11. The monoisotopic (exact) mass is 176 g/mol. The van der Waals surface area contributed by atoms with Crippen molar-refractivity contribution in [3.8, 4) is 0 Å². The first-order valence-corrected chi connectivity index (χ1v) is 4.41. The average Bonchev–Trinajstić information content (AvgIpc) is 2.48. The van der Waals surface area contributed by atoms with Crippen molar-refractivity contribution in [2.45, 2.75) is 26.7 Å². The minimum atomic E-state index is 0.442. The van der Waals surface area contributed by atoms with Crippen LogP contribution >= 0.6 is 0 Å². The topological polar surface area (TPSA) is 38.9 Å². The van der Waals surface area contributed by atoms with Gasteiger partial charge in [-0.1, -0.05) is 19.0 Å². The van der Waals surface area contributed by atoms with Gasteiger partial charge in [-0.15, -0.1) is 0 Å². The Morgan fingerprint density at radius 1 is 1.38 bits per heavy atom. The molecule has 0 aliphatic rings. The maximum absolute atomic E-state index is 5.23. The second-order valence-electron chi connectivity index (χ2n) is 3.50. The van der Waals surface area contributed by atoms with Crippen LogP contribution < -0.4 is 0 Å². The third-order valence-electron chi connectivity index (χ3n) is 2.17. The van der Waals surface area contributed by atoms with Crippen LogP contribution in [0.2, 0.25) is 0 Å². The molecule has 0 bridgehead atoms. The van der Waals surface area contributed by atoms with Crippen molar-refractivity contribution in [2.75, 3.05) is 0 Å². The SMILES string of the molecule is Cc1noc2c(C(C)C)ccnc12. The van der Waals surface area contributed by atoms with E-state index in [-0.39, 0.29) is 0 Å². The Morgan fingerprint density at radius 2 is 2.15 bits per heavy atom. The van der Waals surface area contributed by atoms with E-state index in [0.29, 0.717) is 5.92 Å². The smallest absolute Gasteiger partial charge is 0.189 e. The van der Waals surface area contributed by atoms with Crippen LogP contribution in [0.4, 0.5) is 0 Å². The fourth-order valence-electron chi connectivity index (χ4n) is 1.43.